The standard InChI is InChI=1S/C12H12INO5/c13-8-3-1-2-7(6-8)11(17)14-9(12(18)19)4-5-10(15)16/h1-3,6,9H,4-5H2,(H,14,17)(H,15,16)(H,18,19). The van der Waals surface area contributed by atoms with Crippen molar-refractivity contribution in [3.63, 3.8) is 0 Å². The number of benzene rings is 1. The molecule has 0 aromatic heterocycles. The van der Waals surface area contributed by atoms with Crippen molar-refractivity contribution in [1.29, 1.82) is 0 Å². The molecule has 0 radical (unpaired) electrons. The van der Waals surface area contributed by atoms with E-state index in [0.29, 0.717) is 5.56 Å². The van der Waals surface area contributed by atoms with E-state index in [-0.39, 0.29) is 12.8 Å². The highest BCUT2D eigenvalue weighted by molar-refractivity contribution is 14.1. The first-order chi connectivity index (χ1) is 8.90. The Kier molecular flexibility index (Phi) is 5.74. The van der Waals surface area contributed by atoms with Gasteiger partial charge in [-0.15, -0.1) is 0 Å². The van der Waals surface area contributed by atoms with Gasteiger partial charge in [0.2, 0.25) is 0 Å². The van der Waals surface area contributed by atoms with E-state index in [1.54, 1.807) is 24.3 Å². The Balaban J connectivity index is 2.71. The number of hydrogen-bond donors (Lipinski definition) is 3. The van der Waals surface area contributed by atoms with Crippen molar-refractivity contribution >= 4 is 40.4 Å². The van der Waals surface area contributed by atoms with Crippen molar-refractivity contribution in [2.75, 3.05) is 0 Å². The Morgan fingerprint density at radius 3 is 2.47 bits per heavy atom. The minimum Gasteiger partial charge on any atom is -0.481 e. The van der Waals surface area contributed by atoms with E-state index >= 15 is 0 Å². The fourth-order valence-electron chi connectivity index (χ4n) is 1.40. The molecule has 0 saturated heterocycles. The number of rotatable bonds is 6. The maximum atomic E-state index is 11.8. The van der Waals surface area contributed by atoms with Crippen LogP contribution in [0.1, 0.15) is 23.2 Å². The summed E-state index contributed by atoms with van der Waals surface area (Å²) >= 11 is 2.04. The van der Waals surface area contributed by atoms with Gasteiger partial charge in [0.1, 0.15) is 6.04 Å². The SMILES string of the molecule is O=C(O)CCC(NC(=O)c1cccc(I)c1)C(=O)O. The lowest BCUT2D eigenvalue weighted by molar-refractivity contribution is -0.140. The van der Waals surface area contributed by atoms with E-state index in [2.05, 4.69) is 5.32 Å². The predicted octanol–water partition coefficient (Wildman–Crippen LogP) is 1.34. The number of nitrogens with one attached hydrogen (secondary N) is 1. The topological polar surface area (TPSA) is 104 Å². The molecule has 0 aliphatic heterocycles. The summed E-state index contributed by atoms with van der Waals surface area (Å²) in [5.41, 5.74) is 0.341. The largest absolute Gasteiger partial charge is 0.481 e. The van der Waals surface area contributed by atoms with Crippen LogP contribution in [0.5, 0.6) is 0 Å². The van der Waals surface area contributed by atoms with Crippen LogP contribution in [-0.2, 0) is 9.59 Å². The highest BCUT2D eigenvalue weighted by atomic mass is 127. The number of carbonyl (C=O) groups is 3. The summed E-state index contributed by atoms with van der Waals surface area (Å²) in [4.78, 5) is 33.2. The Hall–Kier alpha value is -1.64. The summed E-state index contributed by atoms with van der Waals surface area (Å²) in [7, 11) is 0. The molecule has 1 unspecified atom stereocenters. The van der Waals surface area contributed by atoms with E-state index in [1.165, 1.54) is 0 Å². The lowest BCUT2D eigenvalue weighted by Gasteiger charge is -2.13. The molecule has 0 heterocycles. The smallest absolute Gasteiger partial charge is 0.326 e. The van der Waals surface area contributed by atoms with Gasteiger partial charge in [0, 0.05) is 15.6 Å². The van der Waals surface area contributed by atoms with E-state index in [0.717, 1.165) is 3.57 Å². The molecule has 0 saturated carbocycles. The number of halogens is 1. The molecule has 1 atom stereocenters. The Bertz CT molecular complexity index is 503. The molecular formula is C12H12INO5. The van der Waals surface area contributed by atoms with Gasteiger partial charge in [-0.25, -0.2) is 4.79 Å². The quantitative estimate of drug-likeness (QED) is 0.650. The van der Waals surface area contributed by atoms with Crippen LogP contribution in [0, 0.1) is 3.57 Å². The minimum absolute atomic E-state index is 0.152. The first-order valence-corrected chi connectivity index (χ1v) is 6.49. The molecule has 1 amide bonds. The molecule has 102 valence electrons. The maximum Gasteiger partial charge on any atom is 0.326 e. The Morgan fingerprint density at radius 2 is 1.95 bits per heavy atom. The van der Waals surface area contributed by atoms with Crippen LogP contribution in [0.2, 0.25) is 0 Å². The van der Waals surface area contributed by atoms with Crippen LogP contribution >= 0.6 is 22.6 Å². The summed E-state index contributed by atoms with van der Waals surface area (Å²) in [5.74, 6) is -2.88. The molecule has 3 N–H and O–H groups in total. The first-order valence-electron chi connectivity index (χ1n) is 5.41. The molecule has 1 aromatic rings. The fourth-order valence-corrected chi connectivity index (χ4v) is 1.94. The zero-order chi connectivity index (χ0) is 14.4. The lowest BCUT2D eigenvalue weighted by atomic mass is 10.1. The molecule has 1 rings (SSSR count). The van der Waals surface area contributed by atoms with Crippen molar-refractivity contribution in [2.45, 2.75) is 18.9 Å². The van der Waals surface area contributed by atoms with Crippen LogP contribution in [0.15, 0.2) is 24.3 Å². The highest BCUT2D eigenvalue weighted by Crippen LogP contribution is 2.08. The van der Waals surface area contributed by atoms with Gasteiger partial charge in [0.15, 0.2) is 0 Å². The van der Waals surface area contributed by atoms with Crippen molar-refractivity contribution in [3.8, 4) is 0 Å². The van der Waals surface area contributed by atoms with Crippen LogP contribution in [0.4, 0.5) is 0 Å². The van der Waals surface area contributed by atoms with Gasteiger partial charge in [-0.05, 0) is 47.2 Å². The Labute approximate surface area is 123 Å². The molecule has 0 fully saturated rings. The van der Waals surface area contributed by atoms with E-state index < -0.39 is 23.9 Å². The second-order valence-electron chi connectivity index (χ2n) is 3.81. The van der Waals surface area contributed by atoms with Gasteiger partial charge in [0.25, 0.3) is 5.91 Å². The second-order valence-corrected chi connectivity index (χ2v) is 5.05. The van der Waals surface area contributed by atoms with Gasteiger partial charge in [-0.2, -0.15) is 0 Å². The Morgan fingerprint density at radius 1 is 1.26 bits per heavy atom. The van der Waals surface area contributed by atoms with E-state index in [1.807, 2.05) is 22.6 Å². The number of carbonyl (C=O) groups excluding carboxylic acids is 1. The van der Waals surface area contributed by atoms with Crippen molar-refractivity contribution < 1.29 is 24.6 Å². The average molecular weight is 377 g/mol. The maximum absolute atomic E-state index is 11.8. The van der Waals surface area contributed by atoms with Gasteiger partial charge in [-0.3, -0.25) is 9.59 Å². The molecule has 7 heteroatoms. The van der Waals surface area contributed by atoms with Gasteiger partial charge < -0.3 is 15.5 Å². The molecule has 0 spiro atoms. The summed E-state index contributed by atoms with van der Waals surface area (Å²) in [6, 6.07) is 5.46. The minimum atomic E-state index is -1.25. The third-order valence-corrected chi connectivity index (χ3v) is 3.01. The number of aliphatic carboxylic acids is 2. The second kappa shape index (κ2) is 7.07. The molecular weight excluding hydrogens is 365 g/mol. The number of hydrogen-bond acceptors (Lipinski definition) is 3. The average Bonchev–Trinajstić information content (AvgIpc) is 2.33. The molecule has 0 aliphatic carbocycles. The first kappa shape index (κ1) is 15.4. The summed E-state index contributed by atoms with van der Waals surface area (Å²) in [5, 5.41) is 19.8. The molecule has 0 aliphatic rings. The number of carboxylic acids is 2. The van der Waals surface area contributed by atoms with E-state index in [4.69, 9.17) is 10.2 Å². The fraction of sp³-hybridized carbons (Fsp3) is 0.250. The molecule has 6 nitrogen and oxygen atoms in total. The van der Waals surface area contributed by atoms with Gasteiger partial charge in [-0.1, -0.05) is 6.07 Å². The monoisotopic (exact) mass is 377 g/mol. The van der Waals surface area contributed by atoms with Crippen molar-refractivity contribution in [3.05, 3.63) is 33.4 Å². The third kappa shape index (κ3) is 5.25. The number of carboxylic acid groups (broad SMARTS) is 2. The van der Waals surface area contributed by atoms with Crippen LogP contribution in [0.25, 0.3) is 0 Å². The van der Waals surface area contributed by atoms with Crippen LogP contribution < -0.4 is 5.32 Å². The number of amides is 1. The van der Waals surface area contributed by atoms with Crippen LogP contribution in [0.3, 0.4) is 0 Å². The summed E-state index contributed by atoms with van der Waals surface area (Å²) < 4.78 is 0.850. The van der Waals surface area contributed by atoms with Gasteiger partial charge in [0.05, 0.1) is 0 Å². The van der Waals surface area contributed by atoms with E-state index in [9.17, 15) is 14.4 Å². The normalized spacial score (nSPS) is 11.6. The molecule has 19 heavy (non-hydrogen) atoms. The zero-order valence-corrected chi connectivity index (χ0v) is 12.0. The predicted molar refractivity (Wildman–Crippen MR) is 74.9 cm³/mol. The van der Waals surface area contributed by atoms with Crippen LogP contribution in [-0.4, -0.2) is 34.1 Å². The highest BCUT2D eigenvalue weighted by Gasteiger charge is 2.21. The molecule has 1 aromatic carbocycles. The van der Waals surface area contributed by atoms with Crippen molar-refractivity contribution in [1.82, 2.24) is 5.32 Å². The summed E-state index contributed by atoms with van der Waals surface area (Å²) in [6.07, 6.45) is -0.468. The zero-order valence-electron chi connectivity index (χ0n) is 9.80. The van der Waals surface area contributed by atoms with Gasteiger partial charge >= 0.3 is 11.9 Å². The van der Waals surface area contributed by atoms with Crippen molar-refractivity contribution in [2.24, 2.45) is 0 Å². The summed E-state index contributed by atoms with van der Waals surface area (Å²) in [6.45, 7) is 0. The molecule has 0 bridgehead atoms. The third-order valence-electron chi connectivity index (χ3n) is 2.34. The lowest BCUT2D eigenvalue weighted by Crippen LogP contribution is -2.41.